The summed E-state index contributed by atoms with van der Waals surface area (Å²) >= 11 is -1.86. The normalized spacial score (nSPS) is 17.6. The van der Waals surface area contributed by atoms with Crippen LogP contribution in [0.2, 0.25) is 0 Å². The van der Waals surface area contributed by atoms with Gasteiger partial charge in [-0.3, -0.25) is 14.4 Å². The molecule has 1 atom stereocenters. The van der Waals surface area contributed by atoms with E-state index in [1.807, 2.05) is 0 Å². The van der Waals surface area contributed by atoms with Crippen LogP contribution in [-0.4, -0.2) is 55.1 Å². The van der Waals surface area contributed by atoms with Crippen LogP contribution in [0.5, 0.6) is 5.75 Å². The maximum atomic E-state index is 12.9. The van der Waals surface area contributed by atoms with Crippen molar-refractivity contribution in [2.75, 3.05) is 18.8 Å². The monoisotopic (exact) mass is 413 g/mol. The number of hydrogen-bond acceptors (Lipinski definition) is 5. The van der Waals surface area contributed by atoms with Crippen molar-refractivity contribution < 1.29 is 28.3 Å². The molecule has 2 aromatic rings. The van der Waals surface area contributed by atoms with Crippen molar-refractivity contribution in [1.82, 2.24) is 4.90 Å². The highest BCUT2D eigenvalue weighted by molar-refractivity contribution is 7.79. The minimum absolute atomic E-state index is 0.0302. The van der Waals surface area contributed by atoms with Crippen LogP contribution in [0.3, 0.4) is 0 Å². The summed E-state index contributed by atoms with van der Waals surface area (Å²) in [5.41, 5.74) is 0.595. The molecule has 0 aromatic heterocycles. The van der Waals surface area contributed by atoms with Crippen LogP contribution in [0.4, 0.5) is 0 Å². The lowest BCUT2D eigenvalue weighted by atomic mass is 9.82. The first kappa shape index (κ1) is 19.5. The number of ketones is 2. The van der Waals surface area contributed by atoms with Gasteiger partial charge in [-0.1, -0.05) is 24.3 Å². The molecule has 4 rings (SSSR count). The van der Waals surface area contributed by atoms with Crippen LogP contribution in [0.15, 0.2) is 36.4 Å². The van der Waals surface area contributed by atoms with Crippen molar-refractivity contribution in [3.05, 3.63) is 64.2 Å². The van der Waals surface area contributed by atoms with Crippen molar-refractivity contribution in [2.24, 2.45) is 5.92 Å². The Morgan fingerprint density at radius 3 is 2.28 bits per heavy atom. The molecule has 0 bridgehead atoms. The lowest BCUT2D eigenvalue weighted by Crippen LogP contribution is -2.39. The highest BCUT2D eigenvalue weighted by Gasteiger charge is 2.34. The summed E-state index contributed by atoms with van der Waals surface area (Å²) < 4.78 is 20.0. The van der Waals surface area contributed by atoms with Crippen molar-refractivity contribution in [3.63, 3.8) is 0 Å². The highest BCUT2D eigenvalue weighted by atomic mass is 32.2. The molecular weight excluding hydrogens is 394 g/mol. The number of carbonyl (C=O) groups excluding carboxylic acids is 3. The summed E-state index contributed by atoms with van der Waals surface area (Å²) in [5, 5.41) is 10.4. The molecule has 1 unspecified atom stereocenters. The molecule has 1 heterocycles. The third kappa shape index (κ3) is 3.49. The van der Waals surface area contributed by atoms with Crippen molar-refractivity contribution in [1.29, 1.82) is 0 Å². The molecular formula is C21H19NO6S. The Bertz CT molecular complexity index is 1060. The van der Waals surface area contributed by atoms with Gasteiger partial charge >= 0.3 is 0 Å². The van der Waals surface area contributed by atoms with Gasteiger partial charge in [0.2, 0.25) is 0 Å². The zero-order valence-electron chi connectivity index (χ0n) is 15.5. The Morgan fingerprint density at radius 1 is 1.03 bits per heavy atom. The Labute approximate surface area is 169 Å². The van der Waals surface area contributed by atoms with Crippen molar-refractivity contribution in [3.8, 4) is 5.75 Å². The summed E-state index contributed by atoms with van der Waals surface area (Å²) in [6.07, 6.45) is 1.22. The molecule has 8 heteroatoms. The first-order valence-corrected chi connectivity index (χ1v) is 10.6. The average Bonchev–Trinajstić information content (AvgIpc) is 2.71. The fourth-order valence-electron chi connectivity index (χ4n) is 4.01. The maximum Gasteiger partial charge on any atom is 0.254 e. The van der Waals surface area contributed by atoms with Gasteiger partial charge in [-0.2, -0.15) is 0 Å². The quantitative estimate of drug-likeness (QED) is 0.637. The van der Waals surface area contributed by atoms with Crippen LogP contribution >= 0.6 is 0 Å². The molecule has 29 heavy (non-hydrogen) atoms. The Hall–Kier alpha value is -2.84. The third-order valence-electron chi connectivity index (χ3n) is 5.53. The fourth-order valence-corrected chi connectivity index (χ4v) is 4.75. The number of amides is 1. The van der Waals surface area contributed by atoms with Gasteiger partial charge in [0.05, 0.1) is 11.3 Å². The molecule has 2 aliphatic rings. The Balaban J connectivity index is 1.62. The van der Waals surface area contributed by atoms with E-state index in [1.165, 1.54) is 12.1 Å². The molecule has 150 valence electrons. The average molecular weight is 413 g/mol. The molecule has 2 N–H and O–H groups in total. The molecule has 1 fully saturated rings. The van der Waals surface area contributed by atoms with Crippen molar-refractivity contribution in [2.45, 2.75) is 12.8 Å². The minimum atomic E-state index is -1.86. The van der Waals surface area contributed by atoms with E-state index < -0.39 is 22.6 Å². The number of nitrogens with zero attached hydrogens (tertiary/aromatic N) is 1. The number of rotatable bonds is 3. The molecule has 7 nitrogen and oxygen atoms in total. The van der Waals surface area contributed by atoms with Crippen LogP contribution < -0.4 is 0 Å². The second kappa shape index (κ2) is 7.53. The van der Waals surface area contributed by atoms with Gasteiger partial charge in [0, 0.05) is 35.3 Å². The molecule has 1 aliphatic carbocycles. The van der Waals surface area contributed by atoms with E-state index in [4.69, 9.17) is 4.55 Å². The molecule has 0 saturated carbocycles. The molecule has 0 spiro atoms. The van der Waals surface area contributed by atoms with E-state index in [0.29, 0.717) is 25.9 Å². The largest absolute Gasteiger partial charge is 0.507 e. The second-order valence-electron chi connectivity index (χ2n) is 7.35. The highest BCUT2D eigenvalue weighted by Crippen LogP contribution is 2.34. The lowest BCUT2D eigenvalue weighted by molar-refractivity contribution is 0.0697. The summed E-state index contributed by atoms with van der Waals surface area (Å²) in [6.45, 7) is 0.850. The predicted molar refractivity (Wildman–Crippen MR) is 106 cm³/mol. The topological polar surface area (TPSA) is 112 Å². The number of aromatic hydroxyl groups is 1. The summed E-state index contributed by atoms with van der Waals surface area (Å²) in [4.78, 5) is 40.1. The molecule has 1 saturated heterocycles. The number of fused-ring (bicyclic) bond motifs is 2. The van der Waals surface area contributed by atoms with Gasteiger partial charge in [-0.05, 0) is 30.9 Å². The molecule has 2 aromatic carbocycles. The summed E-state index contributed by atoms with van der Waals surface area (Å²) in [6, 6.07) is 9.02. The molecule has 0 radical (unpaired) electrons. The number of benzene rings is 2. The number of phenols is 1. The molecule has 1 aliphatic heterocycles. The van der Waals surface area contributed by atoms with Gasteiger partial charge in [-0.15, -0.1) is 0 Å². The molecule has 1 amide bonds. The van der Waals surface area contributed by atoms with Crippen molar-refractivity contribution >= 4 is 28.6 Å². The number of carbonyl (C=O) groups is 3. The van der Waals surface area contributed by atoms with Gasteiger partial charge in [0.15, 0.2) is 22.6 Å². The Kier molecular flexibility index (Phi) is 5.06. The number of phenolic OH excluding ortho intramolecular Hbond substituents is 1. The number of hydrogen-bond donors (Lipinski definition) is 2. The summed E-state index contributed by atoms with van der Waals surface area (Å²) in [5.74, 6) is -1.29. The fraction of sp³-hybridized carbons (Fsp3) is 0.286. The Morgan fingerprint density at radius 2 is 1.66 bits per heavy atom. The van der Waals surface area contributed by atoms with Gasteiger partial charge in [0.25, 0.3) is 5.91 Å². The van der Waals surface area contributed by atoms with E-state index in [9.17, 15) is 23.7 Å². The smallest absolute Gasteiger partial charge is 0.254 e. The van der Waals surface area contributed by atoms with Gasteiger partial charge in [-0.25, -0.2) is 4.21 Å². The van der Waals surface area contributed by atoms with Gasteiger partial charge in [0.1, 0.15) is 5.75 Å². The van der Waals surface area contributed by atoms with E-state index in [2.05, 4.69) is 0 Å². The van der Waals surface area contributed by atoms with E-state index in [-0.39, 0.29) is 51.1 Å². The van der Waals surface area contributed by atoms with E-state index in [1.54, 1.807) is 29.2 Å². The number of piperidine rings is 1. The maximum absolute atomic E-state index is 12.9. The zero-order chi connectivity index (χ0) is 20.7. The second-order valence-corrected chi connectivity index (χ2v) is 8.32. The van der Waals surface area contributed by atoms with Gasteiger partial charge < -0.3 is 14.6 Å². The van der Waals surface area contributed by atoms with E-state index in [0.717, 1.165) is 0 Å². The standard InChI is InChI=1S/C21H19NO6S/c23-17-10-13(21(26)22-7-5-12(6-8-22)11-29(27)28)9-16-18(17)20(25)15-4-2-1-3-14(15)19(16)24/h1-4,9-10,12,23H,5-8,11H2,(H,27,28). The predicted octanol–water partition coefficient (Wildman–Crippen LogP) is 2.24. The zero-order valence-corrected chi connectivity index (χ0v) is 16.3. The van der Waals surface area contributed by atoms with Crippen LogP contribution in [0, 0.1) is 5.92 Å². The third-order valence-corrected chi connectivity index (χ3v) is 6.29. The summed E-state index contributed by atoms with van der Waals surface area (Å²) in [7, 11) is 0. The lowest BCUT2D eigenvalue weighted by Gasteiger charge is -2.31. The van der Waals surface area contributed by atoms with E-state index >= 15 is 0 Å². The number of likely N-dealkylation sites (tertiary alicyclic amines) is 1. The van der Waals surface area contributed by atoms with Crippen LogP contribution in [-0.2, 0) is 11.1 Å². The SMILES string of the molecule is O=C1c2ccccc2C(=O)c2c(O)cc(C(=O)N3CCC(CS(=O)O)CC3)cc21. The van der Waals surface area contributed by atoms with Crippen LogP contribution in [0.25, 0.3) is 0 Å². The first-order valence-electron chi connectivity index (χ1n) is 9.29. The minimum Gasteiger partial charge on any atom is -0.507 e. The van der Waals surface area contributed by atoms with Crippen LogP contribution in [0.1, 0.15) is 55.0 Å². The first-order chi connectivity index (χ1) is 13.9.